The van der Waals surface area contributed by atoms with Gasteiger partial charge < -0.3 is 31.9 Å². The van der Waals surface area contributed by atoms with E-state index in [2.05, 4.69) is 78.1 Å². The Morgan fingerprint density at radius 1 is 0.409 bits per heavy atom. The Labute approximate surface area is 264 Å². The summed E-state index contributed by atoms with van der Waals surface area (Å²) in [4.78, 5) is 15.6. The molecule has 2 fully saturated rings. The van der Waals surface area contributed by atoms with E-state index in [-0.39, 0.29) is 0 Å². The second-order valence-electron chi connectivity index (χ2n) is 12.3. The summed E-state index contributed by atoms with van der Waals surface area (Å²) in [5, 5.41) is 23.8. The highest BCUT2D eigenvalue weighted by Gasteiger charge is 2.13. The van der Waals surface area contributed by atoms with Crippen LogP contribution in [-0.4, -0.2) is 124 Å². The second-order valence-corrected chi connectivity index (χ2v) is 12.3. The van der Waals surface area contributed by atoms with Gasteiger partial charge in [0, 0.05) is 76.2 Å². The Balaban J connectivity index is 1.27. The van der Waals surface area contributed by atoms with Crippen LogP contribution in [0.2, 0.25) is 0 Å². The number of fused-ring (bicyclic) bond motifs is 3. The number of hydrogen-bond acceptors (Lipinski definition) is 10. The van der Waals surface area contributed by atoms with Gasteiger partial charge >= 0.3 is 0 Å². The van der Waals surface area contributed by atoms with Crippen LogP contribution in [0.25, 0.3) is 21.8 Å². The van der Waals surface area contributed by atoms with Crippen LogP contribution in [0.5, 0.6) is 0 Å². The van der Waals surface area contributed by atoms with Crippen molar-refractivity contribution in [2.75, 3.05) is 105 Å². The minimum absolute atomic E-state index is 0.861. The van der Waals surface area contributed by atoms with Gasteiger partial charge in [-0.25, -0.2) is 9.97 Å². The largest absolute Gasteiger partial charge is 0.315 e. The van der Waals surface area contributed by atoms with Gasteiger partial charge in [-0.05, 0) is 90.2 Å². The second kappa shape index (κ2) is 19.3. The molecule has 4 heterocycles. The molecule has 2 saturated heterocycles. The minimum Gasteiger partial charge on any atom is -0.315 e. The molecular formula is C34H56N10. The first-order valence-corrected chi connectivity index (χ1v) is 17.2. The average Bonchev–Trinajstić information content (AvgIpc) is 3.04. The Bertz CT molecular complexity index is 1110. The molecule has 0 amide bonds. The van der Waals surface area contributed by atoms with E-state index in [4.69, 9.17) is 9.97 Å². The SMILES string of the molecule is c1cc2ccc3ccc(CN4CCCNCCNCCCNCC4)nc3c2nc1CN1CCCNCCNCCCNCC1. The topological polar surface area (TPSA) is 104 Å². The van der Waals surface area contributed by atoms with Gasteiger partial charge in [0.05, 0.1) is 22.4 Å². The van der Waals surface area contributed by atoms with E-state index in [9.17, 15) is 0 Å². The van der Waals surface area contributed by atoms with Crippen molar-refractivity contribution in [3.63, 3.8) is 0 Å². The lowest BCUT2D eigenvalue weighted by molar-refractivity contribution is 0.257. The third kappa shape index (κ3) is 11.3. The van der Waals surface area contributed by atoms with Crippen LogP contribution < -0.4 is 31.9 Å². The number of nitrogens with one attached hydrogen (secondary N) is 6. The Kier molecular flexibility index (Phi) is 14.5. The van der Waals surface area contributed by atoms with E-state index in [0.29, 0.717) is 0 Å². The van der Waals surface area contributed by atoms with Gasteiger partial charge in [0.1, 0.15) is 0 Å². The van der Waals surface area contributed by atoms with Crippen molar-refractivity contribution in [1.82, 2.24) is 51.7 Å². The fourth-order valence-corrected chi connectivity index (χ4v) is 6.13. The maximum atomic E-state index is 5.24. The zero-order valence-corrected chi connectivity index (χ0v) is 26.8. The molecule has 1 aromatic carbocycles. The highest BCUT2D eigenvalue weighted by Crippen LogP contribution is 2.24. The molecular weight excluding hydrogens is 548 g/mol. The van der Waals surface area contributed by atoms with E-state index in [1.54, 1.807) is 0 Å². The lowest BCUT2D eigenvalue weighted by atomic mass is 10.1. The lowest BCUT2D eigenvalue weighted by Gasteiger charge is -2.23. The molecule has 0 radical (unpaired) electrons. The van der Waals surface area contributed by atoms with E-state index in [1.165, 1.54) is 0 Å². The Morgan fingerprint density at radius 2 is 0.773 bits per heavy atom. The summed E-state index contributed by atoms with van der Waals surface area (Å²) in [6.45, 7) is 18.5. The van der Waals surface area contributed by atoms with Crippen LogP contribution >= 0.6 is 0 Å². The Hall–Kier alpha value is -2.28. The molecule has 0 spiro atoms. The molecule has 2 aliphatic heterocycles. The predicted molar refractivity (Wildman–Crippen MR) is 183 cm³/mol. The summed E-state index contributed by atoms with van der Waals surface area (Å²) in [5.41, 5.74) is 4.30. The molecule has 2 aromatic heterocycles. The van der Waals surface area contributed by atoms with E-state index < -0.39 is 0 Å². The molecule has 2 aliphatic rings. The lowest BCUT2D eigenvalue weighted by Crippen LogP contribution is -2.36. The number of aromatic nitrogens is 2. The number of nitrogens with zero attached hydrogens (tertiary/aromatic N) is 4. The van der Waals surface area contributed by atoms with E-state index in [1.807, 2.05) is 0 Å². The van der Waals surface area contributed by atoms with Crippen molar-refractivity contribution in [2.45, 2.75) is 38.8 Å². The van der Waals surface area contributed by atoms with Crippen LogP contribution in [-0.2, 0) is 13.1 Å². The van der Waals surface area contributed by atoms with Crippen molar-refractivity contribution < 1.29 is 0 Å². The first-order valence-electron chi connectivity index (χ1n) is 17.2. The Morgan fingerprint density at radius 3 is 1.20 bits per heavy atom. The van der Waals surface area contributed by atoms with Gasteiger partial charge in [0.25, 0.3) is 0 Å². The van der Waals surface area contributed by atoms with Crippen molar-refractivity contribution in [1.29, 1.82) is 0 Å². The van der Waals surface area contributed by atoms with Gasteiger partial charge in [-0.15, -0.1) is 0 Å². The monoisotopic (exact) mass is 604 g/mol. The molecule has 0 aliphatic carbocycles. The van der Waals surface area contributed by atoms with Crippen LogP contribution in [0.3, 0.4) is 0 Å². The number of pyridine rings is 2. The van der Waals surface area contributed by atoms with Crippen LogP contribution in [0.4, 0.5) is 0 Å². The molecule has 10 nitrogen and oxygen atoms in total. The van der Waals surface area contributed by atoms with Gasteiger partial charge in [0.2, 0.25) is 0 Å². The van der Waals surface area contributed by atoms with Gasteiger partial charge in [-0.2, -0.15) is 0 Å². The van der Waals surface area contributed by atoms with Crippen molar-refractivity contribution in [2.24, 2.45) is 0 Å². The molecule has 0 saturated carbocycles. The summed E-state index contributed by atoms with van der Waals surface area (Å²) in [5.74, 6) is 0. The third-order valence-electron chi connectivity index (χ3n) is 8.64. The normalized spacial score (nSPS) is 21.1. The quantitative estimate of drug-likeness (QED) is 0.246. The standard InChI is InChI=1S/C34H56N10/c1-11-35-17-19-37-15-3-23-43(25-21-39-13-1)27-31-9-7-29-5-6-30-8-10-32(42-34(30)33(29)41-31)28-44-24-4-16-38-20-18-36-12-2-14-40-22-26-44/h5-10,35-40H,1-4,11-28H2. The smallest absolute Gasteiger partial charge is 0.0968 e. The first-order chi connectivity index (χ1) is 21.8. The summed E-state index contributed by atoms with van der Waals surface area (Å²) >= 11 is 0. The molecule has 0 unspecified atom stereocenters. The first kappa shape index (κ1) is 33.1. The molecule has 10 heteroatoms. The number of benzene rings is 1. The van der Waals surface area contributed by atoms with Gasteiger partial charge in [-0.1, -0.05) is 24.3 Å². The molecule has 3 aromatic rings. The highest BCUT2D eigenvalue weighted by atomic mass is 15.2. The minimum atomic E-state index is 0.861. The van der Waals surface area contributed by atoms with Crippen molar-refractivity contribution in [3.8, 4) is 0 Å². The molecule has 242 valence electrons. The summed E-state index contributed by atoms with van der Waals surface area (Å²) < 4.78 is 0. The fraction of sp³-hybridized carbons (Fsp3) is 0.647. The maximum absolute atomic E-state index is 5.24. The molecule has 5 rings (SSSR count). The number of hydrogen-bond donors (Lipinski definition) is 6. The van der Waals surface area contributed by atoms with E-state index in [0.717, 1.165) is 177 Å². The summed E-state index contributed by atoms with van der Waals surface area (Å²) in [6.07, 6.45) is 4.61. The third-order valence-corrected chi connectivity index (χ3v) is 8.64. The molecule has 6 N–H and O–H groups in total. The summed E-state index contributed by atoms with van der Waals surface area (Å²) in [7, 11) is 0. The van der Waals surface area contributed by atoms with Crippen LogP contribution in [0.15, 0.2) is 36.4 Å². The van der Waals surface area contributed by atoms with Crippen LogP contribution in [0, 0.1) is 0 Å². The van der Waals surface area contributed by atoms with Gasteiger partial charge in [-0.3, -0.25) is 9.80 Å². The van der Waals surface area contributed by atoms with Crippen molar-refractivity contribution >= 4 is 21.8 Å². The summed E-state index contributed by atoms with van der Waals surface area (Å²) in [6, 6.07) is 13.3. The molecule has 0 bridgehead atoms. The van der Waals surface area contributed by atoms with Gasteiger partial charge in [0.15, 0.2) is 0 Å². The maximum Gasteiger partial charge on any atom is 0.0968 e. The average molecular weight is 605 g/mol. The molecule has 44 heavy (non-hydrogen) atoms. The fourth-order valence-electron chi connectivity index (χ4n) is 6.13. The van der Waals surface area contributed by atoms with E-state index >= 15 is 0 Å². The highest BCUT2D eigenvalue weighted by molar-refractivity contribution is 6.02. The molecule has 0 atom stereocenters. The predicted octanol–water partition coefficient (Wildman–Crippen LogP) is 1.51. The zero-order valence-electron chi connectivity index (χ0n) is 26.8. The van der Waals surface area contributed by atoms with Crippen molar-refractivity contribution in [3.05, 3.63) is 47.8 Å². The van der Waals surface area contributed by atoms with Crippen LogP contribution in [0.1, 0.15) is 37.1 Å². The number of rotatable bonds is 4. The zero-order chi connectivity index (χ0) is 30.1.